The van der Waals surface area contributed by atoms with E-state index < -0.39 is 17.6 Å². The lowest BCUT2D eigenvalue weighted by molar-refractivity contribution is -0.137. The summed E-state index contributed by atoms with van der Waals surface area (Å²) in [5, 5.41) is 6.10. The molecule has 178 valence electrons. The van der Waals surface area contributed by atoms with Crippen LogP contribution in [0.5, 0.6) is 11.5 Å². The molecule has 8 heteroatoms. The first-order chi connectivity index (χ1) is 16.9. The van der Waals surface area contributed by atoms with E-state index in [0.717, 1.165) is 29.9 Å². The highest BCUT2D eigenvalue weighted by Gasteiger charge is 2.30. The number of pyridine rings is 1. The molecule has 4 rings (SSSR count). The third kappa shape index (κ3) is 6.60. The fraction of sp³-hybridized carbons (Fsp3) is 0.111. The molecule has 0 atom stereocenters. The van der Waals surface area contributed by atoms with Crippen LogP contribution in [0.2, 0.25) is 0 Å². The molecule has 5 nitrogen and oxygen atoms in total. The van der Waals surface area contributed by atoms with Crippen LogP contribution in [-0.4, -0.2) is 17.4 Å². The van der Waals surface area contributed by atoms with Crippen molar-refractivity contribution in [3.63, 3.8) is 0 Å². The third-order valence-electron chi connectivity index (χ3n) is 5.10. The summed E-state index contributed by atoms with van der Waals surface area (Å²) in [6.07, 6.45) is -1.95. The predicted molar refractivity (Wildman–Crippen MR) is 129 cm³/mol. The highest BCUT2D eigenvalue weighted by atomic mass is 19.4. The minimum atomic E-state index is -4.49. The molecular weight excluding hydrogens is 455 g/mol. The van der Waals surface area contributed by atoms with Gasteiger partial charge in [-0.1, -0.05) is 24.3 Å². The summed E-state index contributed by atoms with van der Waals surface area (Å²) in [6, 6.07) is 23.9. The van der Waals surface area contributed by atoms with Crippen LogP contribution in [0.4, 0.5) is 24.5 Å². The number of aromatic nitrogens is 1. The number of nitrogens with one attached hydrogen (secondary N) is 2. The van der Waals surface area contributed by atoms with Crippen molar-refractivity contribution in [1.82, 2.24) is 4.98 Å². The average molecular weight is 477 g/mol. The van der Waals surface area contributed by atoms with Gasteiger partial charge in [-0.3, -0.25) is 9.78 Å². The smallest absolute Gasteiger partial charge is 0.416 e. The SMILES string of the molecule is O=C(Nc1ccc(NCCc2ccccn2)cc1)c1ccccc1Oc1cccc(C(F)(F)F)c1. The van der Waals surface area contributed by atoms with Crippen molar-refractivity contribution < 1.29 is 22.7 Å². The van der Waals surface area contributed by atoms with Crippen LogP contribution in [0.15, 0.2) is 97.2 Å². The van der Waals surface area contributed by atoms with E-state index in [0.29, 0.717) is 12.2 Å². The van der Waals surface area contributed by atoms with Crippen molar-refractivity contribution >= 4 is 17.3 Å². The Bertz CT molecular complexity index is 1280. The summed E-state index contributed by atoms with van der Waals surface area (Å²) in [7, 11) is 0. The number of rotatable bonds is 8. The first-order valence-corrected chi connectivity index (χ1v) is 10.9. The fourth-order valence-corrected chi connectivity index (χ4v) is 3.36. The van der Waals surface area contributed by atoms with E-state index in [1.165, 1.54) is 18.2 Å². The largest absolute Gasteiger partial charge is 0.457 e. The normalized spacial score (nSPS) is 11.1. The summed E-state index contributed by atoms with van der Waals surface area (Å²) >= 11 is 0. The van der Waals surface area contributed by atoms with Crippen molar-refractivity contribution in [1.29, 1.82) is 0 Å². The van der Waals surface area contributed by atoms with E-state index in [1.807, 2.05) is 30.3 Å². The Morgan fingerprint density at radius 3 is 2.34 bits per heavy atom. The maximum Gasteiger partial charge on any atom is 0.416 e. The Balaban J connectivity index is 1.39. The van der Waals surface area contributed by atoms with Crippen LogP contribution < -0.4 is 15.4 Å². The second-order valence-electron chi connectivity index (χ2n) is 7.65. The van der Waals surface area contributed by atoms with Crippen LogP contribution in [0.1, 0.15) is 21.6 Å². The van der Waals surface area contributed by atoms with E-state index in [-0.39, 0.29) is 17.1 Å². The second kappa shape index (κ2) is 10.7. The fourth-order valence-electron chi connectivity index (χ4n) is 3.36. The van der Waals surface area contributed by atoms with Gasteiger partial charge in [0.05, 0.1) is 11.1 Å². The second-order valence-corrected chi connectivity index (χ2v) is 7.65. The van der Waals surface area contributed by atoms with Gasteiger partial charge in [0.15, 0.2) is 0 Å². The number of carbonyl (C=O) groups excluding carboxylic acids is 1. The van der Waals surface area contributed by atoms with Gasteiger partial charge in [-0.2, -0.15) is 13.2 Å². The number of halogens is 3. The maximum absolute atomic E-state index is 13.0. The topological polar surface area (TPSA) is 63.2 Å². The lowest BCUT2D eigenvalue weighted by Crippen LogP contribution is -2.13. The highest BCUT2D eigenvalue weighted by Crippen LogP contribution is 2.33. The average Bonchev–Trinajstić information content (AvgIpc) is 2.86. The Morgan fingerprint density at radius 1 is 0.857 bits per heavy atom. The molecular formula is C27H22F3N3O2. The monoisotopic (exact) mass is 477 g/mol. The van der Waals surface area contributed by atoms with Gasteiger partial charge in [0.2, 0.25) is 0 Å². The molecule has 1 heterocycles. The molecule has 2 N–H and O–H groups in total. The highest BCUT2D eigenvalue weighted by molar-refractivity contribution is 6.06. The number of hydrogen-bond donors (Lipinski definition) is 2. The predicted octanol–water partition coefficient (Wildman–Crippen LogP) is 6.80. The lowest BCUT2D eigenvalue weighted by Gasteiger charge is -2.13. The summed E-state index contributed by atoms with van der Waals surface area (Å²) in [5.41, 5.74) is 1.83. The van der Waals surface area contributed by atoms with Crippen molar-refractivity contribution in [3.8, 4) is 11.5 Å². The number of amides is 1. The zero-order valence-corrected chi connectivity index (χ0v) is 18.5. The van der Waals surface area contributed by atoms with Crippen LogP contribution >= 0.6 is 0 Å². The lowest BCUT2D eigenvalue weighted by atomic mass is 10.1. The van der Waals surface area contributed by atoms with E-state index in [1.54, 1.807) is 36.5 Å². The first kappa shape index (κ1) is 23.8. The zero-order valence-electron chi connectivity index (χ0n) is 18.5. The van der Waals surface area contributed by atoms with Gasteiger partial charge in [0.25, 0.3) is 5.91 Å². The molecule has 35 heavy (non-hydrogen) atoms. The van der Waals surface area contributed by atoms with Crippen LogP contribution in [0.25, 0.3) is 0 Å². The van der Waals surface area contributed by atoms with Gasteiger partial charge in [-0.25, -0.2) is 0 Å². The van der Waals surface area contributed by atoms with Gasteiger partial charge in [-0.05, 0) is 66.7 Å². The molecule has 0 bridgehead atoms. The van der Waals surface area contributed by atoms with Crippen molar-refractivity contribution in [2.24, 2.45) is 0 Å². The molecule has 1 aromatic heterocycles. The molecule has 0 unspecified atom stereocenters. The maximum atomic E-state index is 13.0. The van der Waals surface area contributed by atoms with Gasteiger partial charge < -0.3 is 15.4 Å². The van der Waals surface area contributed by atoms with Gasteiger partial charge in [-0.15, -0.1) is 0 Å². The Kier molecular flexibility index (Phi) is 7.30. The zero-order chi connectivity index (χ0) is 24.7. The van der Waals surface area contributed by atoms with E-state index in [4.69, 9.17) is 4.74 Å². The number of hydrogen-bond acceptors (Lipinski definition) is 4. The van der Waals surface area contributed by atoms with Gasteiger partial charge in [0.1, 0.15) is 11.5 Å². The first-order valence-electron chi connectivity index (χ1n) is 10.9. The number of alkyl halides is 3. The van der Waals surface area contributed by atoms with Gasteiger partial charge in [0, 0.05) is 36.2 Å². The van der Waals surface area contributed by atoms with Crippen LogP contribution in [0, 0.1) is 0 Å². The summed E-state index contributed by atoms with van der Waals surface area (Å²) < 4.78 is 44.6. The van der Waals surface area contributed by atoms with E-state index >= 15 is 0 Å². The number of anilines is 2. The molecule has 0 spiro atoms. The molecule has 0 fully saturated rings. The molecule has 0 saturated carbocycles. The molecule has 4 aromatic rings. The molecule has 0 saturated heterocycles. The summed E-state index contributed by atoms with van der Waals surface area (Å²) in [6.45, 7) is 0.711. The summed E-state index contributed by atoms with van der Waals surface area (Å²) in [4.78, 5) is 17.2. The minimum Gasteiger partial charge on any atom is -0.457 e. The number of ether oxygens (including phenoxy) is 1. The van der Waals surface area contributed by atoms with Crippen LogP contribution in [0.3, 0.4) is 0 Å². The van der Waals surface area contributed by atoms with Crippen molar-refractivity contribution in [2.45, 2.75) is 12.6 Å². The van der Waals surface area contributed by atoms with E-state index in [2.05, 4.69) is 15.6 Å². The molecule has 0 radical (unpaired) electrons. The standard InChI is InChI=1S/C27H22F3N3O2/c28-27(29,30)19-6-5-8-23(18-19)35-25-10-2-1-9-24(25)26(34)33-22-13-11-21(12-14-22)32-17-15-20-7-3-4-16-31-20/h1-14,16,18,32H,15,17H2,(H,33,34). The quantitative estimate of drug-likeness (QED) is 0.293. The molecule has 0 aliphatic heterocycles. The van der Waals surface area contributed by atoms with Crippen LogP contribution in [-0.2, 0) is 12.6 Å². The Hall–Kier alpha value is -4.33. The number of benzene rings is 3. The van der Waals surface area contributed by atoms with Gasteiger partial charge >= 0.3 is 6.18 Å². The number of carbonyl (C=O) groups is 1. The molecule has 0 aliphatic carbocycles. The Labute approximate surface area is 200 Å². The third-order valence-corrected chi connectivity index (χ3v) is 5.10. The van der Waals surface area contributed by atoms with E-state index in [9.17, 15) is 18.0 Å². The number of nitrogens with zero attached hydrogens (tertiary/aromatic N) is 1. The molecule has 3 aromatic carbocycles. The van der Waals surface area contributed by atoms with Crippen molar-refractivity contribution in [3.05, 3.63) is 114 Å². The summed E-state index contributed by atoms with van der Waals surface area (Å²) in [5.74, 6) is -0.304. The molecule has 0 aliphatic rings. The minimum absolute atomic E-state index is 0.0128. The number of para-hydroxylation sites is 1. The molecule has 1 amide bonds. The van der Waals surface area contributed by atoms with Crippen molar-refractivity contribution in [2.75, 3.05) is 17.2 Å². The Morgan fingerprint density at radius 2 is 1.60 bits per heavy atom.